The van der Waals surface area contributed by atoms with Crippen LogP contribution < -0.4 is 10.1 Å². The van der Waals surface area contributed by atoms with Crippen LogP contribution in [0.3, 0.4) is 0 Å². The Morgan fingerprint density at radius 1 is 1.03 bits per heavy atom. The van der Waals surface area contributed by atoms with Crippen molar-refractivity contribution in [1.82, 2.24) is 5.32 Å². The topological polar surface area (TPSA) is 273 Å². The Hall–Kier alpha value is -5.20. The van der Waals surface area contributed by atoms with E-state index in [1.54, 1.807) is 19.1 Å². The maximum atomic E-state index is 14.0. The number of fused-ring (bicyclic) bond motifs is 3. The minimum atomic E-state index is -2.38. The number of amides is 1. The fraction of sp³-hybridized carbons (Fsp3) is 0.524. The number of Topliss-reactive ketones (excluding diaryl/α,β-unsaturated/α-hetero) is 2. The third-order valence-corrected chi connectivity index (χ3v) is 12.1. The largest absolute Gasteiger partial charge is 0.507 e. The van der Waals surface area contributed by atoms with Crippen LogP contribution in [-0.4, -0.2) is 116 Å². The SMILES string of the molecule is COc1cccc2c1C(=O)c1c(O)c3c(c(O)c1C2=O)C[C@@](O)(C(=O)CO)C[C@@H]3O[C@H]1C[C@@H](NC(=O)O[C@@H]2/C=C/CC[C@](C)(C(=O)C[C@@H](C)C(=O)O)CC2)[C@H](O)C(C)O1. The quantitative estimate of drug-likeness (QED) is 0.108. The number of allylic oxidation sites excluding steroid dienone is 1. The molecule has 17 heteroatoms. The lowest BCUT2D eigenvalue weighted by Gasteiger charge is -2.42. The van der Waals surface area contributed by atoms with Gasteiger partial charge in [0.1, 0.15) is 47.4 Å². The summed E-state index contributed by atoms with van der Waals surface area (Å²) in [4.78, 5) is 78.5. The summed E-state index contributed by atoms with van der Waals surface area (Å²) in [5, 5.41) is 67.8. The molecule has 0 spiro atoms. The van der Waals surface area contributed by atoms with Gasteiger partial charge in [0.25, 0.3) is 0 Å². The van der Waals surface area contributed by atoms with Gasteiger partial charge in [-0.3, -0.25) is 24.0 Å². The highest BCUT2D eigenvalue weighted by molar-refractivity contribution is 6.31. The highest BCUT2D eigenvalue weighted by Gasteiger charge is 2.50. The predicted octanol–water partition coefficient (Wildman–Crippen LogP) is 2.95. The fourth-order valence-electron chi connectivity index (χ4n) is 8.50. The second-order valence-corrected chi connectivity index (χ2v) is 16.1. The van der Waals surface area contributed by atoms with Gasteiger partial charge < -0.3 is 54.9 Å². The first-order valence-corrected chi connectivity index (χ1v) is 19.5. The van der Waals surface area contributed by atoms with Crippen molar-refractivity contribution in [2.45, 2.75) is 114 Å². The molecule has 9 atom stereocenters. The van der Waals surface area contributed by atoms with Crippen molar-refractivity contribution in [3.63, 3.8) is 0 Å². The summed E-state index contributed by atoms with van der Waals surface area (Å²) in [6.45, 7) is 3.64. The van der Waals surface area contributed by atoms with Crippen LogP contribution in [-0.2, 0) is 35.0 Å². The second-order valence-electron chi connectivity index (χ2n) is 16.1. The van der Waals surface area contributed by atoms with Gasteiger partial charge in [-0.2, -0.15) is 0 Å². The van der Waals surface area contributed by atoms with E-state index in [0.29, 0.717) is 19.3 Å². The maximum Gasteiger partial charge on any atom is 0.408 e. The Labute approximate surface area is 338 Å². The van der Waals surface area contributed by atoms with E-state index in [1.165, 1.54) is 39.2 Å². The van der Waals surface area contributed by atoms with Gasteiger partial charge in [-0.25, -0.2) is 4.79 Å². The highest BCUT2D eigenvalue weighted by atomic mass is 16.7. The van der Waals surface area contributed by atoms with Gasteiger partial charge in [0.15, 0.2) is 17.9 Å². The number of methoxy groups -OCH3 is 1. The van der Waals surface area contributed by atoms with Crippen LogP contribution in [0.5, 0.6) is 17.2 Å². The zero-order chi connectivity index (χ0) is 43.1. The molecule has 1 aliphatic heterocycles. The van der Waals surface area contributed by atoms with Crippen LogP contribution >= 0.6 is 0 Å². The van der Waals surface area contributed by atoms with E-state index in [1.807, 2.05) is 0 Å². The average molecular weight is 824 g/mol. The summed E-state index contributed by atoms with van der Waals surface area (Å²) in [5.41, 5.74) is -5.07. The summed E-state index contributed by atoms with van der Waals surface area (Å²) in [6.07, 6.45) is -3.38. The molecule has 3 aliphatic carbocycles. The van der Waals surface area contributed by atoms with Crippen molar-refractivity contribution in [3.05, 3.63) is 63.7 Å². The molecule has 0 bridgehead atoms. The molecule has 1 fully saturated rings. The zero-order valence-corrected chi connectivity index (χ0v) is 33.1. The summed E-state index contributed by atoms with van der Waals surface area (Å²) in [7, 11) is 1.29. The summed E-state index contributed by atoms with van der Waals surface area (Å²) >= 11 is 0. The van der Waals surface area contributed by atoms with E-state index in [9.17, 15) is 59.4 Å². The Kier molecular flexibility index (Phi) is 12.4. The van der Waals surface area contributed by atoms with Crippen LogP contribution in [0.2, 0.25) is 0 Å². The minimum absolute atomic E-state index is 0.0424. The fourth-order valence-corrected chi connectivity index (χ4v) is 8.50. The molecular formula is C42H49NO16. The van der Waals surface area contributed by atoms with Gasteiger partial charge in [0, 0.05) is 47.8 Å². The number of carbonyl (C=O) groups is 6. The molecule has 59 heavy (non-hydrogen) atoms. The molecule has 17 nitrogen and oxygen atoms in total. The van der Waals surface area contributed by atoms with Gasteiger partial charge in [0.2, 0.25) is 5.78 Å². The molecular weight excluding hydrogens is 774 g/mol. The number of ether oxygens (including phenoxy) is 4. The molecule has 4 aliphatic rings. The van der Waals surface area contributed by atoms with E-state index in [2.05, 4.69) is 5.32 Å². The Balaban J connectivity index is 1.23. The molecule has 6 rings (SSSR count). The number of aliphatic carboxylic acids is 1. The summed E-state index contributed by atoms with van der Waals surface area (Å²) < 4.78 is 23.2. The number of phenols is 2. The van der Waals surface area contributed by atoms with Gasteiger partial charge >= 0.3 is 12.1 Å². The van der Waals surface area contributed by atoms with Crippen LogP contribution in [0.25, 0.3) is 0 Å². The number of nitrogens with one attached hydrogen (secondary N) is 1. The van der Waals surface area contributed by atoms with Crippen molar-refractivity contribution in [2.75, 3.05) is 13.7 Å². The standard InChI is InChI=1S/C42H49NO16/c1-19(39(52)53)14-27(45)41(3)12-6-5-8-21(11-13-41)58-40(54)43-24-15-29(57-20(2)34(24)47)59-26-17-42(55,28(46)18-44)16-23-31(26)38(51)33-32(36(23)49)35(48)22-9-7-10-25(56-4)30(22)37(33)50/h5,7-10,19-21,24,26,29,34,44,47,49,51,55H,6,11-18H2,1-4H3,(H,43,54)(H,52,53)/b8-5+/t19-,20?,21-,24-,26+,29+,34-,41+,42+/m1/s1. The van der Waals surface area contributed by atoms with E-state index in [-0.39, 0.29) is 53.0 Å². The molecule has 2 aromatic rings. The molecule has 1 amide bonds. The van der Waals surface area contributed by atoms with E-state index in [0.717, 1.165) is 0 Å². The number of rotatable bonds is 11. The van der Waals surface area contributed by atoms with Gasteiger partial charge in [-0.1, -0.05) is 32.1 Å². The Morgan fingerprint density at radius 3 is 2.42 bits per heavy atom. The van der Waals surface area contributed by atoms with Gasteiger partial charge in [-0.15, -0.1) is 0 Å². The third kappa shape index (κ3) is 8.21. The number of hydrogen-bond donors (Lipinski definition) is 7. The van der Waals surface area contributed by atoms with Gasteiger partial charge in [0.05, 0.1) is 48.0 Å². The minimum Gasteiger partial charge on any atom is -0.507 e. The van der Waals surface area contributed by atoms with Crippen LogP contribution in [0.15, 0.2) is 30.4 Å². The van der Waals surface area contributed by atoms with Crippen LogP contribution in [0, 0.1) is 11.3 Å². The highest BCUT2D eigenvalue weighted by Crippen LogP contribution is 2.52. The number of aromatic hydroxyl groups is 2. The first-order chi connectivity index (χ1) is 27.8. The number of benzene rings is 2. The first-order valence-electron chi connectivity index (χ1n) is 19.5. The smallest absolute Gasteiger partial charge is 0.408 e. The molecule has 2 aromatic carbocycles. The number of hydrogen-bond acceptors (Lipinski definition) is 15. The molecule has 1 heterocycles. The van der Waals surface area contributed by atoms with E-state index >= 15 is 0 Å². The summed E-state index contributed by atoms with van der Waals surface area (Å²) in [6, 6.07) is 3.21. The number of alkyl carbamates (subject to hydrolysis) is 1. The molecule has 0 aromatic heterocycles. The first kappa shape index (κ1) is 43.4. The Morgan fingerprint density at radius 2 is 1.75 bits per heavy atom. The van der Waals surface area contributed by atoms with Crippen molar-refractivity contribution in [2.24, 2.45) is 11.3 Å². The third-order valence-electron chi connectivity index (χ3n) is 12.1. The molecule has 0 saturated carbocycles. The normalized spacial score (nSPS) is 30.0. The van der Waals surface area contributed by atoms with Crippen molar-refractivity contribution in [1.29, 1.82) is 0 Å². The number of phenolic OH excluding ortho intramolecular Hbond substituents is 2. The number of carboxylic acids is 1. The lowest BCUT2D eigenvalue weighted by molar-refractivity contribution is -0.249. The predicted molar refractivity (Wildman–Crippen MR) is 203 cm³/mol. The average Bonchev–Trinajstić information content (AvgIpc) is 3.18. The van der Waals surface area contributed by atoms with Crippen molar-refractivity contribution in [3.8, 4) is 17.2 Å². The zero-order valence-electron chi connectivity index (χ0n) is 33.1. The molecule has 7 N–H and O–H groups in total. The van der Waals surface area contributed by atoms with E-state index < -0.39 is 125 Å². The van der Waals surface area contributed by atoms with Crippen LogP contribution in [0.1, 0.15) is 115 Å². The van der Waals surface area contributed by atoms with Crippen molar-refractivity contribution < 1.29 is 78.4 Å². The number of carboxylic acid groups (broad SMARTS) is 1. The number of aliphatic hydroxyl groups is 3. The van der Waals surface area contributed by atoms with Gasteiger partial charge in [-0.05, 0) is 44.7 Å². The van der Waals surface area contributed by atoms with Crippen LogP contribution in [0.4, 0.5) is 4.79 Å². The number of carbonyl (C=O) groups excluding carboxylic acids is 5. The molecule has 1 saturated heterocycles. The Bertz CT molecular complexity index is 2100. The second kappa shape index (κ2) is 16.8. The van der Waals surface area contributed by atoms with Crippen molar-refractivity contribution >= 4 is 35.2 Å². The van der Waals surface area contributed by atoms with E-state index in [4.69, 9.17) is 18.9 Å². The number of aliphatic hydroxyl groups excluding tert-OH is 2. The molecule has 318 valence electrons. The molecule has 1 unspecified atom stereocenters. The summed E-state index contributed by atoms with van der Waals surface area (Å²) in [5.74, 6) is -6.32. The maximum absolute atomic E-state index is 14.0. The number of ketones is 4. The molecule has 0 radical (unpaired) electrons. The monoisotopic (exact) mass is 823 g/mol. The lowest BCUT2D eigenvalue weighted by atomic mass is 9.72. The lowest BCUT2D eigenvalue weighted by Crippen LogP contribution is -2.56.